The molecule has 0 aliphatic heterocycles. The normalized spacial score (nSPS) is 16.4. The Bertz CT molecular complexity index is 301. The molecule has 0 amide bonds. The molecule has 0 aromatic heterocycles. The van der Waals surface area contributed by atoms with E-state index in [4.69, 9.17) is 0 Å². The largest absolute Gasteiger partial charge is 0.147 e. The summed E-state index contributed by atoms with van der Waals surface area (Å²) < 4.78 is 1.60. The molecular formula is C13H23Cl2Zr. The summed E-state index contributed by atoms with van der Waals surface area (Å²) in [6, 6.07) is 0. The van der Waals surface area contributed by atoms with Gasteiger partial charge < -0.3 is 0 Å². The fraction of sp³-hybridized carbons (Fsp3) is 0.692. The molecule has 0 unspecified atom stereocenters. The molecule has 0 N–H and O–H groups in total. The quantitative estimate of drug-likeness (QED) is 0.578. The van der Waals surface area contributed by atoms with E-state index >= 15 is 0 Å². The van der Waals surface area contributed by atoms with Crippen molar-refractivity contribution in [3.8, 4) is 0 Å². The van der Waals surface area contributed by atoms with Crippen molar-refractivity contribution in [3.05, 3.63) is 20.5 Å². The summed E-state index contributed by atoms with van der Waals surface area (Å²) in [5.74, 6) is 0. The minimum atomic E-state index is 0. The Labute approximate surface area is 128 Å². The summed E-state index contributed by atoms with van der Waals surface area (Å²) >= 11 is 1.58. The molecule has 0 heterocycles. The number of hydrogen-bond acceptors (Lipinski definition) is 0. The van der Waals surface area contributed by atoms with Crippen LogP contribution in [0.5, 0.6) is 0 Å². The van der Waals surface area contributed by atoms with Gasteiger partial charge in [0.2, 0.25) is 0 Å². The molecule has 0 radical (unpaired) electrons. The summed E-state index contributed by atoms with van der Waals surface area (Å²) in [6.07, 6.45) is 3.65. The van der Waals surface area contributed by atoms with Gasteiger partial charge >= 0.3 is 104 Å². The van der Waals surface area contributed by atoms with Crippen LogP contribution in [0.2, 0.25) is 0 Å². The zero-order valence-electron chi connectivity index (χ0n) is 11.1. The number of rotatable bonds is 0. The van der Waals surface area contributed by atoms with Gasteiger partial charge in [0, 0.05) is 0 Å². The summed E-state index contributed by atoms with van der Waals surface area (Å²) in [7, 11) is 0. The molecule has 16 heavy (non-hydrogen) atoms. The van der Waals surface area contributed by atoms with Crippen molar-refractivity contribution in [1.29, 1.82) is 0 Å². The van der Waals surface area contributed by atoms with Crippen LogP contribution < -0.4 is 0 Å². The van der Waals surface area contributed by atoms with Crippen LogP contribution in [0.1, 0.15) is 48.0 Å². The Hall–Kier alpha value is 0.943. The van der Waals surface area contributed by atoms with E-state index < -0.39 is 0 Å². The maximum Gasteiger partial charge on any atom is -0.147 e. The first-order valence-corrected chi connectivity index (χ1v) is 6.51. The van der Waals surface area contributed by atoms with Crippen LogP contribution in [0.25, 0.3) is 0 Å². The number of halogens is 2. The molecule has 1 rings (SSSR count). The molecule has 0 saturated heterocycles. The van der Waals surface area contributed by atoms with E-state index in [-0.39, 0.29) is 24.8 Å². The van der Waals surface area contributed by atoms with Crippen LogP contribution in [-0.4, -0.2) is 0 Å². The molecule has 0 spiro atoms. The van der Waals surface area contributed by atoms with E-state index in [1.165, 1.54) is 6.42 Å². The van der Waals surface area contributed by atoms with Gasteiger partial charge in [0.15, 0.2) is 0 Å². The summed E-state index contributed by atoms with van der Waals surface area (Å²) in [5, 5.41) is 0. The monoisotopic (exact) mass is 339 g/mol. The Balaban J connectivity index is 0. The average molecular weight is 341 g/mol. The molecule has 0 bridgehead atoms. The standard InChI is InChI=1S/C13H21.2ClH.Zr/c1-12(2,3)10-8-7-9-11(10)13(4,5)6;;;/h8H,9H2,1-6H3;2*1H;. The number of hydrogen-bond donors (Lipinski definition) is 0. The Morgan fingerprint density at radius 1 is 0.938 bits per heavy atom. The van der Waals surface area contributed by atoms with Gasteiger partial charge in [-0.1, -0.05) is 0 Å². The maximum absolute atomic E-state index is 2.43. The average Bonchev–Trinajstić information content (AvgIpc) is 2.27. The SMILES string of the molecule is CC(C)(C)C1=C(C(C)(C)C)C[C]([Zr])=C1.Cl.Cl. The van der Waals surface area contributed by atoms with Crippen molar-refractivity contribution in [2.75, 3.05) is 0 Å². The van der Waals surface area contributed by atoms with Gasteiger partial charge in [0.25, 0.3) is 0 Å². The van der Waals surface area contributed by atoms with E-state index in [0.29, 0.717) is 10.8 Å². The van der Waals surface area contributed by atoms with Crippen LogP contribution in [-0.2, 0) is 24.7 Å². The Morgan fingerprint density at radius 3 is 1.62 bits per heavy atom. The van der Waals surface area contributed by atoms with Crippen LogP contribution in [0.15, 0.2) is 20.5 Å². The third kappa shape index (κ3) is 4.67. The number of allylic oxidation sites excluding steroid dienone is 4. The maximum atomic E-state index is 2.43. The third-order valence-corrected chi connectivity index (χ3v) is 3.51. The fourth-order valence-electron chi connectivity index (χ4n) is 1.94. The minimum absolute atomic E-state index is 0. The van der Waals surface area contributed by atoms with Crippen molar-refractivity contribution in [2.45, 2.75) is 48.0 Å². The second kappa shape index (κ2) is 6.21. The first-order chi connectivity index (χ1) is 6.12. The second-order valence-corrected chi connectivity index (χ2v) is 7.82. The van der Waals surface area contributed by atoms with Crippen LogP contribution in [0.3, 0.4) is 0 Å². The van der Waals surface area contributed by atoms with Crippen molar-refractivity contribution >= 4 is 24.8 Å². The smallest absolute Gasteiger partial charge is 0.147 e. The van der Waals surface area contributed by atoms with Gasteiger partial charge in [0.1, 0.15) is 0 Å². The van der Waals surface area contributed by atoms with Crippen LogP contribution in [0, 0.1) is 10.8 Å². The van der Waals surface area contributed by atoms with Gasteiger partial charge in [0.05, 0.1) is 0 Å². The predicted molar refractivity (Wildman–Crippen MR) is 73.1 cm³/mol. The van der Waals surface area contributed by atoms with Gasteiger partial charge in [-0.2, -0.15) is 0 Å². The predicted octanol–water partition coefficient (Wildman–Crippen LogP) is 5.05. The third-order valence-electron chi connectivity index (χ3n) is 2.72. The van der Waals surface area contributed by atoms with E-state index in [2.05, 4.69) is 47.6 Å². The molecule has 0 fully saturated rings. The van der Waals surface area contributed by atoms with Gasteiger partial charge in [-0.3, -0.25) is 0 Å². The molecule has 0 aromatic carbocycles. The molecule has 0 saturated carbocycles. The van der Waals surface area contributed by atoms with Crippen molar-refractivity contribution < 1.29 is 24.7 Å². The summed E-state index contributed by atoms with van der Waals surface area (Å²) in [6.45, 7) is 13.9. The first-order valence-electron chi connectivity index (χ1n) is 5.28. The second-order valence-electron chi connectivity index (χ2n) is 6.24. The zero-order chi connectivity index (χ0) is 11.1. The van der Waals surface area contributed by atoms with Gasteiger partial charge in [-0.05, 0) is 0 Å². The topological polar surface area (TPSA) is 0 Å². The van der Waals surface area contributed by atoms with Gasteiger partial charge in [-0.25, -0.2) is 0 Å². The van der Waals surface area contributed by atoms with E-state index in [9.17, 15) is 0 Å². The molecular weight excluding hydrogens is 318 g/mol. The Kier molecular flexibility index (Phi) is 7.49. The fourth-order valence-corrected chi connectivity index (χ4v) is 2.73. The molecule has 93 valence electrons. The molecule has 1 aliphatic carbocycles. The van der Waals surface area contributed by atoms with Crippen molar-refractivity contribution in [1.82, 2.24) is 0 Å². The minimum Gasteiger partial charge on any atom is -0.147 e. The van der Waals surface area contributed by atoms with E-state index in [0.717, 1.165) is 0 Å². The first kappa shape index (κ1) is 19.3. The van der Waals surface area contributed by atoms with Crippen molar-refractivity contribution in [2.24, 2.45) is 10.8 Å². The Morgan fingerprint density at radius 2 is 1.38 bits per heavy atom. The molecule has 3 heteroatoms. The van der Waals surface area contributed by atoms with Gasteiger partial charge in [-0.15, -0.1) is 24.8 Å². The summed E-state index contributed by atoms with van der Waals surface area (Å²) in [5.41, 5.74) is 3.87. The molecule has 0 atom stereocenters. The van der Waals surface area contributed by atoms with E-state index in [1.54, 1.807) is 39.1 Å². The summed E-state index contributed by atoms with van der Waals surface area (Å²) in [4.78, 5) is 0. The van der Waals surface area contributed by atoms with E-state index in [1.807, 2.05) is 0 Å². The van der Waals surface area contributed by atoms with Crippen LogP contribution >= 0.6 is 24.8 Å². The van der Waals surface area contributed by atoms with Crippen molar-refractivity contribution in [3.63, 3.8) is 0 Å². The molecule has 1 aliphatic rings. The van der Waals surface area contributed by atoms with Crippen LogP contribution in [0.4, 0.5) is 0 Å². The zero-order valence-corrected chi connectivity index (χ0v) is 15.2. The molecule has 0 aromatic rings. The molecule has 0 nitrogen and oxygen atoms in total.